The molecule has 0 aromatic rings. The second-order valence-electron chi connectivity index (χ2n) is 5.93. The third-order valence-electron chi connectivity index (χ3n) is 4.10. The zero-order valence-electron chi connectivity index (χ0n) is 13.5. The van der Waals surface area contributed by atoms with E-state index >= 15 is 0 Å². The van der Waals surface area contributed by atoms with Gasteiger partial charge in [-0.25, -0.2) is 0 Å². The molecule has 1 fully saturated rings. The number of hydrogen-bond acceptors (Lipinski definition) is 4. The third-order valence-corrected chi connectivity index (χ3v) is 4.10. The van der Waals surface area contributed by atoms with Gasteiger partial charge in [0.25, 0.3) is 0 Å². The summed E-state index contributed by atoms with van der Waals surface area (Å²) in [4.78, 5) is 11.2. The van der Waals surface area contributed by atoms with Crippen LogP contribution in [-0.2, 0) is 14.3 Å². The fourth-order valence-electron chi connectivity index (χ4n) is 2.96. The Hall–Kier alpha value is -0.610. The molecule has 4 heteroatoms. The number of ether oxygens (including phenoxy) is 2. The van der Waals surface area contributed by atoms with Crippen LogP contribution in [0.3, 0.4) is 0 Å². The normalized spacial score (nSPS) is 22.2. The highest BCUT2D eigenvalue weighted by atomic mass is 16.5. The first-order chi connectivity index (χ1) is 10.3. The molecule has 2 atom stereocenters. The molecule has 21 heavy (non-hydrogen) atoms. The summed E-state index contributed by atoms with van der Waals surface area (Å²) in [7, 11) is 0. The fourth-order valence-corrected chi connectivity index (χ4v) is 2.96. The zero-order valence-corrected chi connectivity index (χ0v) is 13.5. The number of carbonyl (C=O) groups is 1. The van der Waals surface area contributed by atoms with E-state index in [0.29, 0.717) is 19.1 Å². The molecular formula is C17H32O4. The molecule has 0 unspecified atom stereocenters. The average molecular weight is 300 g/mol. The van der Waals surface area contributed by atoms with Crippen molar-refractivity contribution in [2.24, 2.45) is 0 Å². The van der Waals surface area contributed by atoms with Crippen LogP contribution in [0.4, 0.5) is 0 Å². The van der Waals surface area contributed by atoms with Crippen LogP contribution in [0.15, 0.2) is 0 Å². The summed E-state index contributed by atoms with van der Waals surface area (Å²) in [5.41, 5.74) is 0. The minimum absolute atomic E-state index is 0.0666. The van der Waals surface area contributed by atoms with E-state index in [1.807, 2.05) is 6.92 Å². The first kappa shape index (κ1) is 18.4. The van der Waals surface area contributed by atoms with Crippen LogP contribution in [0, 0.1) is 0 Å². The number of esters is 1. The van der Waals surface area contributed by atoms with Gasteiger partial charge in [0.2, 0.25) is 0 Å². The zero-order chi connectivity index (χ0) is 15.3. The molecule has 0 amide bonds. The van der Waals surface area contributed by atoms with E-state index < -0.39 is 0 Å². The Kier molecular flexibility index (Phi) is 10.5. The van der Waals surface area contributed by atoms with E-state index in [4.69, 9.17) is 14.6 Å². The molecule has 0 saturated carbocycles. The quantitative estimate of drug-likeness (QED) is 0.468. The number of aliphatic hydroxyl groups is 1. The Bertz CT molecular complexity index is 266. The minimum Gasteiger partial charge on any atom is -0.466 e. The highest BCUT2D eigenvalue weighted by Crippen LogP contribution is 2.24. The summed E-state index contributed by atoms with van der Waals surface area (Å²) in [6.07, 6.45) is 12.3. The minimum atomic E-state index is -0.0666. The van der Waals surface area contributed by atoms with Gasteiger partial charge in [-0.2, -0.15) is 0 Å². The van der Waals surface area contributed by atoms with E-state index in [2.05, 4.69) is 0 Å². The number of rotatable bonds is 11. The maximum atomic E-state index is 11.2. The average Bonchev–Trinajstić information content (AvgIpc) is 2.47. The molecule has 0 aliphatic carbocycles. The predicted molar refractivity (Wildman–Crippen MR) is 83.2 cm³/mol. The molecule has 0 spiro atoms. The van der Waals surface area contributed by atoms with Crippen molar-refractivity contribution in [3.05, 3.63) is 0 Å². The van der Waals surface area contributed by atoms with Crippen molar-refractivity contribution in [3.8, 4) is 0 Å². The first-order valence-electron chi connectivity index (χ1n) is 8.68. The van der Waals surface area contributed by atoms with E-state index in [0.717, 1.165) is 32.1 Å². The summed E-state index contributed by atoms with van der Waals surface area (Å²) in [6.45, 7) is 2.56. The molecular weight excluding hydrogens is 268 g/mol. The van der Waals surface area contributed by atoms with Gasteiger partial charge in [0.15, 0.2) is 0 Å². The number of unbranched alkanes of at least 4 members (excludes halogenated alkanes) is 4. The largest absolute Gasteiger partial charge is 0.466 e. The Morgan fingerprint density at radius 2 is 1.76 bits per heavy atom. The van der Waals surface area contributed by atoms with Crippen LogP contribution in [-0.4, -0.2) is 36.5 Å². The summed E-state index contributed by atoms with van der Waals surface area (Å²) >= 11 is 0. The molecule has 1 saturated heterocycles. The second kappa shape index (κ2) is 12.0. The van der Waals surface area contributed by atoms with Crippen LogP contribution in [0.5, 0.6) is 0 Å². The van der Waals surface area contributed by atoms with E-state index in [1.165, 1.54) is 32.1 Å². The van der Waals surface area contributed by atoms with Crippen molar-refractivity contribution in [1.82, 2.24) is 0 Å². The summed E-state index contributed by atoms with van der Waals surface area (Å²) in [6, 6.07) is 0. The van der Waals surface area contributed by atoms with Gasteiger partial charge in [-0.3, -0.25) is 4.79 Å². The van der Waals surface area contributed by atoms with Gasteiger partial charge in [-0.1, -0.05) is 25.7 Å². The van der Waals surface area contributed by atoms with Crippen molar-refractivity contribution in [2.75, 3.05) is 13.2 Å². The molecule has 1 N–H and O–H groups in total. The Morgan fingerprint density at radius 1 is 1.10 bits per heavy atom. The summed E-state index contributed by atoms with van der Waals surface area (Å²) in [5.74, 6) is -0.0666. The van der Waals surface area contributed by atoms with Gasteiger partial charge >= 0.3 is 5.97 Å². The van der Waals surface area contributed by atoms with Crippen molar-refractivity contribution in [2.45, 2.75) is 89.8 Å². The Labute approximate surface area is 129 Å². The second-order valence-corrected chi connectivity index (χ2v) is 5.93. The van der Waals surface area contributed by atoms with Crippen LogP contribution < -0.4 is 0 Å². The van der Waals surface area contributed by atoms with Gasteiger partial charge in [0.1, 0.15) is 0 Å². The molecule has 0 aromatic carbocycles. The summed E-state index contributed by atoms with van der Waals surface area (Å²) < 4.78 is 10.9. The SMILES string of the molecule is CCOC(=O)CCCCCCC[C@@H]1CCC[C@H](CCO)O1. The Balaban J connectivity index is 1.93. The molecule has 1 aliphatic heterocycles. The third kappa shape index (κ3) is 9.10. The van der Waals surface area contributed by atoms with E-state index in [9.17, 15) is 4.79 Å². The van der Waals surface area contributed by atoms with Gasteiger partial charge < -0.3 is 14.6 Å². The van der Waals surface area contributed by atoms with Crippen LogP contribution in [0.2, 0.25) is 0 Å². The molecule has 0 aromatic heterocycles. The summed E-state index contributed by atoms with van der Waals surface area (Å²) in [5, 5.41) is 8.96. The van der Waals surface area contributed by atoms with Crippen LogP contribution >= 0.6 is 0 Å². The van der Waals surface area contributed by atoms with E-state index in [-0.39, 0.29) is 18.7 Å². The molecule has 1 rings (SSSR count). The van der Waals surface area contributed by atoms with Crippen molar-refractivity contribution < 1.29 is 19.4 Å². The van der Waals surface area contributed by atoms with Gasteiger partial charge in [-0.05, 0) is 45.4 Å². The Morgan fingerprint density at radius 3 is 2.48 bits per heavy atom. The molecule has 124 valence electrons. The number of carbonyl (C=O) groups excluding carboxylic acids is 1. The highest BCUT2D eigenvalue weighted by Gasteiger charge is 2.21. The molecule has 4 nitrogen and oxygen atoms in total. The maximum absolute atomic E-state index is 11.2. The predicted octanol–water partition coefficient (Wildman–Crippen LogP) is 3.60. The fraction of sp³-hybridized carbons (Fsp3) is 0.941. The molecule has 0 radical (unpaired) electrons. The van der Waals surface area contributed by atoms with Crippen LogP contribution in [0.1, 0.15) is 77.6 Å². The first-order valence-corrected chi connectivity index (χ1v) is 8.68. The van der Waals surface area contributed by atoms with E-state index in [1.54, 1.807) is 0 Å². The van der Waals surface area contributed by atoms with Gasteiger partial charge in [-0.15, -0.1) is 0 Å². The topological polar surface area (TPSA) is 55.8 Å². The highest BCUT2D eigenvalue weighted by molar-refractivity contribution is 5.69. The maximum Gasteiger partial charge on any atom is 0.305 e. The lowest BCUT2D eigenvalue weighted by Crippen LogP contribution is -2.28. The molecule has 1 aliphatic rings. The monoisotopic (exact) mass is 300 g/mol. The molecule has 1 heterocycles. The van der Waals surface area contributed by atoms with Crippen molar-refractivity contribution >= 4 is 5.97 Å². The van der Waals surface area contributed by atoms with Crippen molar-refractivity contribution in [3.63, 3.8) is 0 Å². The lowest BCUT2D eigenvalue weighted by atomic mass is 9.98. The smallest absolute Gasteiger partial charge is 0.305 e. The van der Waals surface area contributed by atoms with Gasteiger partial charge in [0.05, 0.1) is 18.8 Å². The lowest BCUT2D eigenvalue weighted by Gasteiger charge is -2.29. The van der Waals surface area contributed by atoms with Crippen molar-refractivity contribution in [1.29, 1.82) is 0 Å². The number of aliphatic hydroxyl groups excluding tert-OH is 1. The standard InChI is InChI=1S/C17H32O4/c1-2-20-17(19)12-7-5-3-4-6-9-15-10-8-11-16(21-15)13-14-18/h15-16,18H,2-14H2,1H3/t15-,16-/m1/s1. The lowest BCUT2D eigenvalue weighted by molar-refractivity contribution is -0.143. The van der Waals surface area contributed by atoms with Crippen LogP contribution in [0.25, 0.3) is 0 Å². The number of hydrogen-bond donors (Lipinski definition) is 1. The molecule has 0 bridgehead atoms. The van der Waals surface area contributed by atoms with Gasteiger partial charge in [0, 0.05) is 13.0 Å².